The van der Waals surface area contributed by atoms with Gasteiger partial charge in [-0.2, -0.15) is 0 Å². The Morgan fingerprint density at radius 2 is 1.90 bits per heavy atom. The summed E-state index contributed by atoms with van der Waals surface area (Å²) in [6, 6.07) is 15.3. The van der Waals surface area contributed by atoms with Crippen LogP contribution in [0.15, 0.2) is 48.5 Å². The molecule has 2 rings (SSSR count). The van der Waals surface area contributed by atoms with Crippen molar-refractivity contribution in [2.24, 2.45) is 0 Å². The Morgan fingerprint density at radius 3 is 2.55 bits per heavy atom. The van der Waals surface area contributed by atoms with Gasteiger partial charge in [-0.25, -0.2) is 4.39 Å². The van der Waals surface area contributed by atoms with Crippen LogP contribution in [0.25, 0.3) is 0 Å². The zero-order valence-electron chi connectivity index (χ0n) is 11.6. The standard InChI is InChI=1S/C17H19ClFN/c1-2-20-17(14-6-4-3-5-7-14)11-9-13-8-10-15(19)12-16(13)18/h3-8,10,12,17,20H,2,9,11H2,1H3. The molecule has 0 bridgehead atoms. The second-order valence-corrected chi connectivity index (χ2v) is 5.20. The minimum Gasteiger partial charge on any atom is -0.310 e. The van der Waals surface area contributed by atoms with E-state index in [0.29, 0.717) is 11.1 Å². The minimum absolute atomic E-state index is 0.287. The first-order valence-corrected chi connectivity index (χ1v) is 7.30. The van der Waals surface area contributed by atoms with Crippen LogP contribution in [0.2, 0.25) is 5.02 Å². The largest absolute Gasteiger partial charge is 0.310 e. The topological polar surface area (TPSA) is 12.0 Å². The first-order chi connectivity index (χ1) is 9.70. The lowest BCUT2D eigenvalue weighted by Crippen LogP contribution is -2.21. The van der Waals surface area contributed by atoms with Crippen molar-refractivity contribution in [1.29, 1.82) is 0 Å². The van der Waals surface area contributed by atoms with Gasteiger partial charge in [0.2, 0.25) is 0 Å². The molecular weight excluding hydrogens is 273 g/mol. The van der Waals surface area contributed by atoms with Gasteiger partial charge in [0, 0.05) is 11.1 Å². The van der Waals surface area contributed by atoms with Crippen LogP contribution in [-0.2, 0) is 6.42 Å². The van der Waals surface area contributed by atoms with Crippen LogP contribution in [0.4, 0.5) is 4.39 Å². The summed E-state index contributed by atoms with van der Waals surface area (Å²) in [6.07, 6.45) is 1.76. The van der Waals surface area contributed by atoms with E-state index in [1.54, 1.807) is 6.07 Å². The number of halogens is 2. The van der Waals surface area contributed by atoms with Crippen LogP contribution in [0.1, 0.15) is 30.5 Å². The predicted octanol–water partition coefficient (Wildman–Crippen LogP) is 4.76. The molecule has 2 aromatic rings. The van der Waals surface area contributed by atoms with Gasteiger partial charge >= 0.3 is 0 Å². The number of benzene rings is 2. The van der Waals surface area contributed by atoms with Crippen molar-refractivity contribution in [3.05, 3.63) is 70.5 Å². The molecule has 1 N–H and O–H groups in total. The van der Waals surface area contributed by atoms with Gasteiger partial charge in [0.25, 0.3) is 0 Å². The SMILES string of the molecule is CCNC(CCc1ccc(F)cc1Cl)c1ccccc1. The molecule has 2 aromatic carbocycles. The Kier molecular flexibility index (Phi) is 5.57. The molecule has 0 amide bonds. The third-order valence-electron chi connectivity index (χ3n) is 3.37. The molecule has 3 heteroatoms. The summed E-state index contributed by atoms with van der Waals surface area (Å²) >= 11 is 6.08. The van der Waals surface area contributed by atoms with E-state index in [1.165, 1.54) is 17.7 Å². The lowest BCUT2D eigenvalue weighted by atomic mass is 9.99. The lowest BCUT2D eigenvalue weighted by molar-refractivity contribution is 0.515. The van der Waals surface area contributed by atoms with Crippen molar-refractivity contribution in [3.63, 3.8) is 0 Å². The van der Waals surface area contributed by atoms with Gasteiger partial charge < -0.3 is 5.32 Å². The van der Waals surface area contributed by atoms with Crippen molar-refractivity contribution in [2.75, 3.05) is 6.54 Å². The summed E-state index contributed by atoms with van der Waals surface area (Å²) in [5.41, 5.74) is 2.26. The number of hydrogen-bond donors (Lipinski definition) is 1. The molecular formula is C17H19ClFN. The van der Waals surface area contributed by atoms with Crippen LogP contribution in [-0.4, -0.2) is 6.54 Å². The molecule has 0 aliphatic carbocycles. The van der Waals surface area contributed by atoms with E-state index in [2.05, 4.69) is 24.4 Å². The third-order valence-corrected chi connectivity index (χ3v) is 3.72. The maximum absolute atomic E-state index is 13.0. The number of aryl methyl sites for hydroxylation is 1. The van der Waals surface area contributed by atoms with Gasteiger partial charge in [-0.1, -0.05) is 54.9 Å². The van der Waals surface area contributed by atoms with E-state index >= 15 is 0 Å². The van der Waals surface area contributed by atoms with E-state index in [0.717, 1.165) is 24.9 Å². The second-order valence-electron chi connectivity index (χ2n) is 4.80. The molecule has 1 atom stereocenters. The van der Waals surface area contributed by atoms with E-state index < -0.39 is 0 Å². The maximum Gasteiger partial charge on any atom is 0.124 e. The molecule has 0 fully saturated rings. The molecule has 0 spiro atoms. The fourth-order valence-corrected chi connectivity index (χ4v) is 2.60. The van der Waals surface area contributed by atoms with Gasteiger partial charge in [-0.3, -0.25) is 0 Å². The molecule has 106 valence electrons. The second kappa shape index (κ2) is 7.41. The molecule has 20 heavy (non-hydrogen) atoms. The zero-order chi connectivity index (χ0) is 14.4. The fourth-order valence-electron chi connectivity index (χ4n) is 2.34. The van der Waals surface area contributed by atoms with Gasteiger partial charge in [0.05, 0.1) is 0 Å². The third kappa shape index (κ3) is 4.06. The summed E-state index contributed by atoms with van der Waals surface area (Å²) in [4.78, 5) is 0. The van der Waals surface area contributed by atoms with E-state index in [1.807, 2.05) is 18.2 Å². The Bertz CT molecular complexity index is 542. The minimum atomic E-state index is -0.287. The average Bonchev–Trinajstić information content (AvgIpc) is 2.46. The van der Waals surface area contributed by atoms with E-state index in [-0.39, 0.29) is 5.82 Å². The van der Waals surface area contributed by atoms with Gasteiger partial charge in [-0.15, -0.1) is 0 Å². The van der Waals surface area contributed by atoms with Crippen molar-refractivity contribution in [2.45, 2.75) is 25.8 Å². The van der Waals surface area contributed by atoms with Crippen molar-refractivity contribution < 1.29 is 4.39 Å². The monoisotopic (exact) mass is 291 g/mol. The normalized spacial score (nSPS) is 12.3. The highest BCUT2D eigenvalue weighted by Crippen LogP contribution is 2.23. The Morgan fingerprint density at radius 1 is 1.15 bits per heavy atom. The van der Waals surface area contributed by atoms with Gasteiger partial charge in [0.1, 0.15) is 5.82 Å². The van der Waals surface area contributed by atoms with Crippen LogP contribution in [0.5, 0.6) is 0 Å². The Hall–Kier alpha value is -1.38. The molecule has 0 saturated heterocycles. The number of rotatable bonds is 6. The van der Waals surface area contributed by atoms with Crippen LogP contribution < -0.4 is 5.32 Å². The van der Waals surface area contributed by atoms with Gasteiger partial charge in [0.15, 0.2) is 0 Å². The zero-order valence-corrected chi connectivity index (χ0v) is 12.3. The van der Waals surface area contributed by atoms with Crippen LogP contribution in [0, 0.1) is 5.82 Å². The first-order valence-electron chi connectivity index (χ1n) is 6.93. The summed E-state index contributed by atoms with van der Waals surface area (Å²) < 4.78 is 13.0. The maximum atomic E-state index is 13.0. The molecule has 0 heterocycles. The predicted molar refractivity (Wildman–Crippen MR) is 82.6 cm³/mol. The molecule has 1 nitrogen and oxygen atoms in total. The molecule has 0 aliphatic rings. The molecule has 0 saturated carbocycles. The summed E-state index contributed by atoms with van der Waals surface area (Å²) in [5, 5.41) is 3.99. The number of hydrogen-bond acceptors (Lipinski definition) is 1. The van der Waals surface area contributed by atoms with Crippen molar-refractivity contribution in [3.8, 4) is 0 Å². The molecule has 0 radical (unpaired) electrons. The summed E-state index contributed by atoms with van der Waals surface area (Å²) in [7, 11) is 0. The Labute approximate surface area is 124 Å². The summed E-state index contributed by atoms with van der Waals surface area (Å²) in [6.45, 7) is 3.01. The molecule has 0 aromatic heterocycles. The van der Waals surface area contributed by atoms with Crippen molar-refractivity contribution >= 4 is 11.6 Å². The highest BCUT2D eigenvalue weighted by atomic mass is 35.5. The number of nitrogens with one attached hydrogen (secondary N) is 1. The fraction of sp³-hybridized carbons (Fsp3) is 0.294. The van der Waals surface area contributed by atoms with Crippen molar-refractivity contribution in [1.82, 2.24) is 5.32 Å². The lowest BCUT2D eigenvalue weighted by Gasteiger charge is -2.18. The highest BCUT2D eigenvalue weighted by Gasteiger charge is 2.11. The smallest absolute Gasteiger partial charge is 0.124 e. The van der Waals surface area contributed by atoms with Gasteiger partial charge in [-0.05, 0) is 42.6 Å². The quantitative estimate of drug-likeness (QED) is 0.809. The molecule has 1 unspecified atom stereocenters. The first kappa shape index (κ1) is 15.0. The Balaban J connectivity index is 2.06. The summed E-state index contributed by atoms with van der Waals surface area (Å²) in [5.74, 6) is -0.287. The highest BCUT2D eigenvalue weighted by molar-refractivity contribution is 6.31. The van der Waals surface area contributed by atoms with E-state index in [9.17, 15) is 4.39 Å². The average molecular weight is 292 g/mol. The van der Waals surface area contributed by atoms with Crippen LogP contribution >= 0.6 is 11.6 Å². The molecule has 0 aliphatic heterocycles. The van der Waals surface area contributed by atoms with E-state index in [4.69, 9.17) is 11.6 Å². The van der Waals surface area contributed by atoms with Crippen LogP contribution in [0.3, 0.4) is 0 Å².